The molecule has 23 heavy (non-hydrogen) atoms. The molecule has 0 atom stereocenters. The first-order valence-corrected chi connectivity index (χ1v) is 7.49. The Balaban J connectivity index is 2.03. The summed E-state index contributed by atoms with van der Waals surface area (Å²) >= 11 is 11.9. The zero-order chi connectivity index (χ0) is 17.0. The van der Waals surface area contributed by atoms with Crippen LogP contribution in [0.2, 0.25) is 10.0 Å². The van der Waals surface area contributed by atoms with E-state index in [1.54, 1.807) is 12.1 Å². The van der Waals surface area contributed by atoms with Gasteiger partial charge in [-0.2, -0.15) is 0 Å². The zero-order valence-electron chi connectivity index (χ0n) is 12.5. The minimum Gasteiger partial charge on any atom is -0.495 e. The number of carbonyl (C=O) groups is 1. The zero-order valence-corrected chi connectivity index (χ0v) is 14.1. The molecule has 0 saturated carbocycles. The van der Waals surface area contributed by atoms with Gasteiger partial charge in [0, 0.05) is 11.1 Å². The van der Waals surface area contributed by atoms with Crippen LogP contribution in [0.4, 0.5) is 15.8 Å². The molecule has 0 aliphatic carbocycles. The van der Waals surface area contributed by atoms with Crippen molar-refractivity contribution in [2.45, 2.75) is 6.92 Å². The quantitative estimate of drug-likeness (QED) is 0.828. The molecule has 4 nitrogen and oxygen atoms in total. The Morgan fingerprint density at radius 2 is 1.91 bits per heavy atom. The first kappa shape index (κ1) is 17.4. The first-order valence-electron chi connectivity index (χ1n) is 6.73. The van der Waals surface area contributed by atoms with Crippen molar-refractivity contribution in [3.8, 4) is 5.75 Å². The maximum absolute atomic E-state index is 13.0. The van der Waals surface area contributed by atoms with E-state index in [0.29, 0.717) is 22.1 Å². The molecule has 0 spiro atoms. The van der Waals surface area contributed by atoms with Crippen LogP contribution < -0.4 is 15.4 Å². The lowest BCUT2D eigenvalue weighted by Gasteiger charge is -2.13. The highest BCUT2D eigenvalue weighted by Gasteiger charge is 2.10. The molecule has 0 aliphatic heterocycles. The van der Waals surface area contributed by atoms with Crippen LogP contribution in [0.1, 0.15) is 5.56 Å². The van der Waals surface area contributed by atoms with Gasteiger partial charge in [0.05, 0.1) is 30.1 Å². The Kier molecular flexibility index (Phi) is 5.69. The third kappa shape index (κ3) is 4.50. The summed E-state index contributed by atoms with van der Waals surface area (Å²) < 4.78 is 18.2. The van der Waals surface area contributed by atoms with E-state index in [1.165, 1.54) is 19.2 Å². The van der Waals surface area contributed by atoms with Crippen LogP contribution in [-0.2, 0) is 4.79 Å². The predicted octanol–water partition coefficient (Wildman–Crippen LogP) is 4.50. The van der Waals surface area contributed by atoms with Crippen molar-refractivity contribution in [2.75, 3.05) is 24.3 Å². The largest absolute Gasteiger partial charge is 0.495 e. The van der Waals surface area contributed by atoms with Crippen molar-refractivity contribution >= 4 is 40.5 Å². The van der Waals surface area contributed by atoms with Crippen molar-refractivity contribution in [3.63, 3.8) is 0 Å². The van der Waals surface area contributed by atoms with E-state index in [4.69, 9.17) is 27.9 Å². The van der Waals surface area contributed by atoms with Gasteiger partial charge in [-0.05, 0) is 36.8 Å². The van der Waals surface area contributed by atoms with Gasteiger partial charge in [0.25, 0.3) is 0 Å². The highest BCUT2D eigenvalue weighted by molar-refractivity contribution is 6.33. The van der Waals surface area contributed by atoms with Crippen LogP contribution in [0.15, 0.2) is 30.3 Å². The molecule has 0 bridgehead atoms. The fraction of sp³-hybridized carbons (Fsp3) is 0.188. The molecular weight excluding hydrogens is 342 g/mol. The van der Waals surface area contributed by atoms with Crippen LogP contribution >= 0.6 is 23.2 Å². The number of aryl methyl sites for hydroxylation is 1. The van der Waals surface area contributed by atoms with Gasteiger partial charge in [0.1, 0.15) is 11.6 Å². The maximum atomic E-state index is 13.0. The van der Waals surface area contributed by atoms with Crippen molar-refractivity contribution in [3.05, 3.63) is 51.8 Å². The molecule has 7 heteroatoms. The molecule has 2 aromatic carbocycles. The standard InChI is InChI=1S/C16H15Cl2FN2O2/c1-9-5-14(15(23-2)7-11(9)17)20-8-16(22)21-13-4-3-10(19)6-12(13)18/h3-7,20H,8H2,1-2H3,(H,21,22). The van der Waals surface area contributed by atoms with Gasteiger partial charge in [-0.15, -0.1) is 0 Å². The highest BCUT2D eigenvalue weighted by Crippen LogP contribution is 2.30. The molecule has 2 rings (SSSR count). The summed E-state index contributed by atoms with van der Waals surface area (Å²) in [5.74, 6) is -0.256. The Labute approximate surface area is 143 Å². The van der Waals surface area contributed by atoms with E-state index in [9.17, 15) is 9.18 Å². The van der Waals surface area contributed by atoms with E-state index in [1.807, 2.05) is 6.92 Å². The molecule has 122 valence electrons. The van der Waals surface area contributed by atoms with Crippen molar-refractivity contribution in [1.82, 2.24) is 0 Å². The molecule has 0 fully saturated rings. The third-order valence-corrected chi connectivity index (χ3v) is 3.85. The topological polar surface area (TPSA) is 50.4 Å². The first-order chi connectivity index (χ1) is 10.9. The second-order valence-corrected chi connectivity index (χ2v) is 5.64. The van der Waals surface area contributed by atoms with E-state index in [-0.39, 0.29) is 17.5 Å². The molecular formula is C16H15Cl2FN2O2. The van der Waals surface area contributed by atoms with E-state index < -0.39 is 5.82 Å². The van der Waals surface area contributed by atoms with E-state index in [0.717, 1.165) is 11.6 Å². The highest BCUT2D eigenvalue weighted by atomic mass is 35.5. The molecule has 2 aromatic rings. The van der Waals surface area contributed by atoms with Gasteiger partial charge in [0.15, 0.2) is 0 Å². The average molecular weight is 357 g/mol. The third-order valence-electron chi connectivity index (χ3n) is 3.13. The summed E-state index contributed by atoms with van der Waals surface area (Å²) in [5, 5.41) is 6.29. The van der Waals surface area contributed by atoms with Gasteiger partial charge in [-0.25, -0.2) is 4.39 Å². The summed E-state index contributed by atoms with van der Waals surface area (Å²) in [7, 11) is 1.52. The van der Waals surface area contributed by atoms with Gasteiger partial charge < -0.3 is 15.4 Å². The number of anilines is 2. The lowest BCUT2D eigenvalue weighted by Crippen LogP contribution is -2.22. The number of amides is 1. The number of hydrogen-bond donors (Lipinski definition) is 2. The van der Waals surface area contributed by atoms with Crippen LogP contribution in [0.5, 0.6) is 5.75 Å². The summed E-state index contributed by atoms with van der Waals surface area (Å²) in [6.07, 6.45) is 0. The molecule has 0 saturated heterocycles. The fourth-order valence-corrected chi connectivity index (χ4v) is 2.30. The smallest absolute Gasteiger partial charge is 0.243 e. The van der Waals surface area contributed by atoms with Gasteiger partial charge in [-0.3, -0.25) is 4.79 Å². The summed E-state index contributed by atoms with van der Waals surface area (Å²) in [4.78, 5) is 12.0. The monoisotopic (exact) mass is 356 g/mol. The normalized spacial score (nSPS) is 10.3. The number of methoxy groups -OCH3 is 1. The minimum absolute atomic E-state index is 0.00879. The predicted molar refractivity (Wildman–Crippen MR) is 91.3 cm³/mol. The van der Waals surface area contributed by atoms with E-state index >= 15 is 0 Å². The Morgan fingerprint density at radius 3 is 2.57 bits per heavy atom. The second kappa shape index (κ2) is 7.53. The number of hydrogen-bond acceptors (Lipinski definition) is 3. The van der Waals surface area contributed by atoms with Crippen LogP contribution in [-0.4, -0.2) is 19.6 Å². The summed E-state index contributed by atoms with van der Waals surface area (Å²) in [5.41, 5.74) is 1.85. The fourth-order valence-electron chi connectivity index (χ4n) is 1.93. The summed E-state index contributed by atoms with van der Waals surface area (Å²) in [6.45, 7) is 1.84. The number of ether oxygens (including phenoxy) is 1. The molecule has 0 heterocycles. The van der Waals surface area contributed by atoms with Crippen LogP contribution in [0.25, 0.3) is 0 Å². The van der Waals surface area contributed by atoms with Crippen molar-refractivity contribution < 1.29 is 13.9 Å². The van der Waals surface area contributed by atoms with Crippen molar-refractivity contribution in [1.29, 1.82) is 0 Å². The molecule has 0 radical (unpaired) electrons. The average Bonchev–Trinajstić information content (AvgIpc) is 2.50. The van der Waals surface area contributed by atoms with E-state index in [2.05, 4.69) is 10.6 Å². The Bertz CT molecular complexity index is 738. The van der Waals surface area contributed by atoms with Crippen LogP contribution in [0.3, 0.4) is 0 Å². The number of rotatable bonds is 5. The van der Waals surface area contributed by atoms with Gasteiger partial charge >= 0.3 is 0 Å². The summed E-state index contributed by atoms with van der Waals surface area (Å²) in [6, 6.07) is 7.23. The number of halogens is 3. The lowest BCUT2D eigenvalue weighted by molar-refractivity contribution is -0.114. The number of benzene rings is 2. The molecule has 0 unspecified atom stereocenters. The van der Waals surface area contributed by atoms with Gasteiger partial charge in [0.2, 0.25) is 5.91 Å². The minimum atomic E-state index is -0.465. The lowest BCUT2D eigenvalue weighted by atomic mass is 10.2. The Morgan fingerprint density at radius 1 is 1.17 bits per heavy atom. The number of carbonyl (C=O) groups excluding carboxylic acids is 1. The SMILES string of the molecule is COc1cc(Cl)c(C)cc1NCC(=O)Nc1ccc(F)cc1Cl. The molecule has 2 N–H and O–H groups in total. The molecule has 1 amide bonds. The maximum Gasteiger partial charge on any atom is 0.243 e. The van der Waals surface area contributed by atoms with Crippen molar-refractivity contribution in [2.24, 2.45) is 0 Å². The number of nitrogens with one attached hydrogen (secondary N) is 2. The van der Waals surface area contributed by atoms with Crippen LogP contribution in [0, 0.1) is 12.7 Å². The molecule has 0 aromatic heterocycles. The second-order valence-electron chi connectivity index (χ2n) is 4.83. The van der Waals surface area contributed by atoms with Gasteiger partial charge in [-0.1, -0.05) is 23.2 Å². The Hall–Kier alpha value is -1.98. The molecule has 0 aliphatic rings.